The van der Waals surface area contributed by atoms with Crippen LogP contribution in [0.2, 0.25) is 0 Å². The molecule has 1 saturated heterocycles. The number of likely N-dealkylation sites (tertiary alicyclic amines) is 1. The highest BCUT2D eigenvalue weighted by Gasteiger charge is 2.33. The molecule has 1 aliphatic heterocycles. The quantitative estimate of drug-likeness (QED) is 0.433. The Bertz CT molecular complexity index is 1340. The van der Waals surface area contributed by atoms with Gasteiger partial charge in [0.05, 0.1) is 29.3 Å². The van der Waals surface area contributed by atoms with Gasteiger partial charge in [-0.15, -0.1) is 0 Å². The van der Waals surface area contributed by atoms with E-state index in [0.29, 0.717) is 40.4 Å². The van der Waals surface area contributed by atoms with Gasteiger partial charge < -0.3 is 14.7 Å². The molecule has 5 heterocycles. The Balaban J connectivity index is 1.38. The number of nitrogens with one attached hydrogen (secondary N) is 1. The lowest BCUT2D eigenvalue weighted by Crippen LogP contribution is -2.21. The first-order valence-electron chi connectivity index (χ1n) is 11.7. The minimum Gasteiger partial charge on any atom is -0.360 e. The highest BCUT2D eigenvalue weighted by Crippen LogP contribution is 2.31. The topological polar surface area (TPSA) is 115 Å². The molecule has 10 nitrogen and oxygen atoms in total. The molecule has 0 spiro atoms. The van der Waals surface area contributed by atoms with E-state index < -0.39 is 0 Å². The van der Waals surface area contributed by atoms with Gasteiger partial charge in [-0.2, -0.15) is 5.10 Å². The van der Waals surface area contributed by atoms with Gasteiger partial charge in [0.1, 0.15) is 17.4 Å². The second kappa shape index (κ2) is 9.28. The summed E-state index contributed by atoms with van der Waals surface area (Å²) >= 11 is 0. The van der Waals surface area contributed by atoms with Gasteiger partial charge in [0.2, 0.25) is 11.9 Å². The molecule has 180 valence electrons. The Morgan fingerprint density at radius 2 is 1.86 bits per heavy atom. The van der Waals surface area contributed by atoms with E-state index in [9.17, 15) is 4.79 Å². The summed E-state index contributed by atoms with van der Waals surface area (Å²) in [6.07, 6.45) is 6.30. The molecule has 0 aliphatic carbocycles. The summed E-state index contributed by atoms with van der Waals surface area (Å²) < 4.78 is 7.30. The average Bonchev–Trinajstić information content (AvgIpc) is 3.59. The molecule has 1 unspecified atom stereocenters. The van der Waals surface area contributed by atoms with Crippen LogP contribution >= 0.6 is 0 Å². The third-order valence-corrected chi connectivity index (χ3v) is 6.26. The Labute approximate surface area is 203 Å². The van der Waals surface area contributed by atoms with Gasteiger partial charge in [-0.05, 0) is 30.5 Å². The standard InChI is InChI=1S/C25H28N8O2/c1-15(2)23(16-13-27-33(4)14-16)30-25-26-10-8-20(29-25)18-6-5-7-19(28-18)21-12-22(35-31-21)17-9-11-32(3)24(17)34/h5-8,10,12-15,17,23H,9,11H2,1-4H3,(H,26,29,30)/t17-,23?/m0/s1. The number of likely N-dealkylation sites (N-methyl/N-ethyl adjacent to an activating group) is 1. The third-order valence-electron chi connectivity index (χ3n) is 6.26. The molecule has 5 rings (SSSR count). The van der Waals surface area contributed by atoms with Gasteiger partial charge in [0, 0.05) is 44.7 Å². The molecule has 1 aliphatic rings. The summed E-state index contributed by atoms with van der Waals surface area (Å²) in [7, 11) is 3.70. The first-order valence-corrected chi connectivity index (χ1v) is 11.7. The van der Waals surface area contributed by atoms with E-state index in [0.717, 1.165) is 18.5 Å². The summed E-state index contributed by atoms with van der Waals surface area (Å²) in [4.78, 5) is 27.9. The summed E-state index contributed by atoms with van der Waals surface area (Å²) in [5.41, 5.74) is 3.70. The second-order valence-corrected chi connectivity index (χ2v) is 9.20. The van der Waals surface area contributed by atoms with E-state index in [1.54, 1.807) is 22.8 Å². The molecule has 1 fully saturated rings. The van der Waals surface area contributed by atoms with Crippen LogP contribution < -0.4 is 5.32 Å². The first-order chi connectivity index (χ1) is 16.9. The number of aryl methyl sites for hydroxylation is 1. The van der Waals surface area contributed by atoms with Crippen molar-refractivity contribution in [3.05, 3.63) is 60.2 Å². The maximum Gasteiger partial charge on any atom is 0.233 e. The van der Waals surface area contributed by atoms with Crippen molar-refractivity contribution in [1.29, 1.82) is 0 Å². The summed E-state index contributed by atoms with van der Waals surface area (Å²) in [6.45, 7) is 5.00. The van der Waals surface area contributed by atoms with Gasteiger partial charge in [-0.1, -0.05) is 25.1 Å². The van der Waals surface area contributed by atoms with E-state index in [1.165, 1.54) is 0 Å². The van der Waals surface area contributed by atoms with E-state index in [4.69, 9.17) is 14.5 Å². The molecular formula is C25H28N8O2. The smallest absolute Gasteiger partial charge is 0.233 e. The van der Waals surface area contributed by atoms with Crippen molar-refractivity contribution in [2.45, 2.75) is 32.2 Å². The van der Waals surface area contributed by atoms with Crippen molar-refractivity contribution in [1.82, 2.24) is 34.8 Å². The molecule has 0 saturated carbocycles. The number of hydrogen-bond acceptors (Lipinski definition) is 8. The van der Waals surface area contributed by atoms with Crippen LogP contribution in [0.3, 0.4) is 0 Å². The Morgan fingerprint density at radius 3 is 2.54 bits per heavy atom. The van der Waals surface area contributed by atoms with Crippen LogP contribution in [-0.2, 0) is 11.8 Å². The fourth-order valence-electron chi connectivity index (χ4n) is 4.33. The fraction of sp³-hybridized carbons (Fsp3) is 0.360. The normalized spacial score (nSPS) is 16.8. The van der Waals surface area contributed by atoms with Crippen molar-refractivity contribution in [2.24, 2.45) is 13.0 Å². The van der Waals surface area contributed by atoms with Crippen LogP contribution in [0.1, 0.15) is 43.6 Å². The number of amides is 1. The largest absolute Gasteiger partial charge is 0.360 e. The van der Waals surface area contributed by atoms with Crippen LogP contribution in [0.5, 0.6) is 0 Å². The SMILES string of the molecule is CC(C)C(Nc1nccc(-c2cccc(-c3cc([C@@H]4CCN(C)C4=O)on3)n2)n1)c1cnn(C)c1. The number of aromatic nitrogens is 6. The lowest BCUT2D eigenvalue weighted by molar-refractivity contribution is -0.128. The van der Waals surface area contributed by atoms with Crippen LogP contribution in [0, 0.1) is 5.92 Å². The number of hydrogen-bond donors (Lipinski definition) is 1. The summed E-state index contributed by atoms with van der Waals surface area (Å²) in [6, 6.07) is 9.32. The minimum absolute atomic E-state index is 0.0177. The maximum absolute atomic E-state index is 12.3. The van der Waals surface area contributed by atoms with Crippen molar-refractivity contribution < 1.29 is 9.32 Å². The highest BCUT2D eigenvalue weighted by atomic mass is 16.5. The van der Waals surface area contributed by atoms with Crippen molar-refractivity contribution >= 4 is 11.9 Å². The molecule has 1 amide bonds. The lowest BCUT2D eigenvalue weighted by atomic mass is 9.99. The van der Waals surface area contributed by atoms with Crippen LogP contribution in [0.25, 0.3) is 22.8 Å². The number of anilines is 1. The molecular weight excluding hydrogens is 444 g/mol. The van der Waals surface area contributed by atoms with E-state index in [1.807, 2.05) is 49.8 Å². The zero-order valence-electron chi connectivity index (χ0n) is 20.2. The van der Waals surface area contributed by atoms with Crippen LogP contribution in [0.15, 0.2) is 53.4 Å². The van der Waals surface area contributed by atoms with Crippen molar-refractivity contribution in [3.63, 3.8) is 0 Å². The molecule has 4 aromatic heterocycles. The van der Waals surface area contributed by atoms with Crippen LogP contribution in [0.4, 0.5) is 5.95 Å². The molecule has 35 heavy (non-hydrogen) atoms. The molecule has 10 heteroatoms. The maximum atomic E-state index is 12.3. The first kappa shape index (κ1) is 22.7. The number of pyridine rings is 1. The van der Waals surface area contributed by atoms with E-state index in [-0.39, 0.29) is 17.9 Å². The van der Waals surface area contributed by atoms with E-state index >= 15 is 0 Å². The number of carbonyl (C=O) groups is 1. The van der Waals surface area contributed by atoms with Crippen molar-refractivity contribution in [3.8, 4) is 22.8 Å². The number of nitrogens with zero attached hydrogens (tertiary/aromatic N) is 7. The van der Waals surface area contributed by atoms with Crippen molar-refractivity contribution in [2.75, 3.05) is 18.9 Å². The molecule has 0 radical (unpaired) electrons. The Kier molecular flexibility index (Phi) is 6.02. The molecule has 4 aromatic rings. The van der Waals surface area contributed by atoms with E-state index in [2.05, 4.69) is 34.4 Å². The lowest BCUT2D eigenvalue weighted by Gasteiger charge is -2.21. The minimum atomic E-state index is -0.284. The average molecular weight is 473 g/mol. The van der Waals surface area contributed by atoms with Crippen LogP contribution in [-0.4, -0.2) is 54.3 Å². The Hall–Kier alpha value is -4.08. The predicted octanol–water partition coefficient (Wildman–Crippen LogP) is 3.68. The zero-order chi connectivity index (χ0) is 24.5. The van der Waals surface area contributed by atoms with Gasteiger partial charge in [0.25, 0.3) is 0 Å². The number of rotatable bonds is 7. The second-order valence-electron chi connectivity index (χ2n) is 9.20. The van der Waals surface area contributed by atoms with Gasteiger partial charge in [-0.3, -0.25) is 9.48 Å². The highest BCUT2D eigenvalue weighted by molar-refractivity contribution is 5.85. The zero-order valence-corrected chi connectivity index (χ0v) is 20.2. The molecule has 2 atom stereocenters. The van der Waals surface area contributed by atoms with Gasteiger partial charge in [-0.25, -0.2) is 15.0 Å². The summed E-state index contributed by atoms with van der Waals surface area (Å²) in [5, 5.41) is 11.9. The summed E-state index contributed by atoms with van der Waals surface area (Å²) in [5.74, 6) is 1.17. The fourth-order valence-corrected chi connectivity index (χ4v) is 4.33. The predicted molar refractivity (Wildman–Crippen MR) is 130 cm³/mol. The van der Waals surface area contributed by atoms with Gasteiger partial charge in [0.15, 0.2) is 0 Å². The third kappa shape index (κ3) is 4.64. The van der Waals surface area contributed by atoms with Gasteiger partial charge >= 0.3 is 0 Å². The monoisotopic (exact) mass is 472 g/mol. The molecule has 0 bridgehead atoms. The Morgan fingerprint density at radius 1 is 1.09 bits per heavy atom. The molecule has 1 N–H and O–H groups in total. The number of carbonyl (C=O) groups excluding carboxylic acids is 1. The molecule has 0 aromatic carbocycles.